The molecule has 1 amide bonds. The van der Waals surface area contributed by atoms with Crippen LogP contribution < -0.4 is 10.2 Å². The van der Waals surface area contributed by atoms with Gasteiger partial charge in [0.05, 0.1) is 5.56 Å². The second kappa shape index (κ2) is 17.4. The summed E-state index contributed by atoms with van der Waals surface area (Å²) in [6, 6.07) is 3.88. The van der Waals surface area contributed by atoms with Gasteiger partial charge in [0, 0.05) is 44.3 Å². The number of likely N-dealkylation sites (N-methyl/N-ethyl adjacent to an activating group) is 1. The number of amides is 1. The van der Waals surface area contributed by atoms with Crippen LogP contribution in [0.4, 0.5) is 5.82 Å². The van der Waals surface area contributed by atoms with Gasteiger partial charge in [-0.15, -0.1) is 0 Å². The Hall–Kier alpha value is -1.14. The molecule has 1 aliphatic heterocycles. The summed E-state index contributed by atoms with van der Waals surface area (Å²) in [7, 11) is 2.15. The fraction of sp³-hybridized carbons (Fsp3) is 0.769. The number of rotatable bonds is 17. The quantitative estimate of drug-likeness (QED) is 0.206. The molecule has 32 heavy (non-hydrogen) atoms. The van der Waals surface area contributed by atoms with Crippen molar-refractivity contribution in [2.24, 2.45) is 0 Å². The molecule has 0 spiro atoms. The third-order valence-corrected chi connectivity index (χ3v) is 6.99. The third-order valence-electron chi connectivity index (χ3n) is 6.43. The molecule has 1 N–H and O–H groups in total. The summed E-state index contributed by atoms with van der Waals surface area (Å²) in [5.41, 5.74) is 0.658. The predicted molar refractivity (Wildman–Crippen MR) is 140 cm³/mol. The zero-order chi connectivity index (χ0) is 22.9. The molecule has 0 aliphatic carbocycles. The van der Waals surface area contributed by atoms with Crippen molar-refractivity contribution < 1.29 is 4.79 Å². The van der Waals surface area contributed by atoms with Gasteiger partial charge in [0.15, 0.2) is 0 Å². The largest absolute Gasteiger partial charge is 0.354 e. The number of carbonyl (C=O) groups excluding carboxylic acids is 1. The van der Waals surface area contributed by atoms with Crippen LogP contribution in [-0.2, 0) is 0 Å². The molecule has 0 aromatic carbocycles. The van der Waals surface area contributed by atoms with Crippen molar-refractivity contribution in [3.63, 3.8) is 0 Å². The number of unbranched alkanes of at least 4 members (excludes halogenated alkanes) is 12. The number of hydrogen-bond acceptors (Lipinski definition) is 4. The molecule has 1 aliphatic rings. The number of halogens is 1. The molecule has 0 radical (unpaired) electrons. The number of piperazine rings is 1. The standard InChI is InChI=1S/C26H45BrN4O/c1-30-19-21-31(22-20-30)25-16-15-24(23-29-25)26(32)28-18-14-12-10-8-6-4-2-3-5-7-9-11-13-17-27/h15-16,23H,2-14,17-22H2,1H3,(H,28,32). The minimum Gasteiger partial charge on any atom is -0.354 e. The Labute approximate surface area is 204 Å². The van der Waals surface area contributed by atoms with Gasteiger partial charge in [0.2, 0.25) is 0 Å². The maximum absolute atomic E-state index is 12.3. The highest BCUT2D eigenvalue weighted by Crippen LogP contribution is 2.14. The van der Waals surface area contributed by atoms with E-state index in [2.05, 4.69) is 43.1 Å². The number of nitrogens with zero attached hydrogens (tertiary/aromatic N) is 3. The molecule has 6 heteroatoms. The van der Waals surface area contributed by atoms with E-state index in [0.29, 0.717) is 5.56 Å². The van der Waals surface area contributed by atoms with E-state index in [4.69, 9.17) is 0 Å². The number of carbonyl (C=O) groups is 1. The number of hydrogen-bond donors (Lipinski definition) is 1. The molecule has 0 atom stereocenters. The van der Waals surface area contributed by atoms with E-state index in [1.165, 1.54) is 77.0 Å². The maximum Gasteiger partial charge on any atom is 0.252 e. The lowest BCUT2D eigenvalue weighted by Crippen LogP contribution is -2.44. The van der Waals surface area contributed by atoms with Gasteiger partial charge < -0.3 is 15.1 Å². The molecule has 0 saturated carbocycles. The summed E-state index contributed by atoms with van der Waals surface area (Å²) in [4.78, 5) is 21.5. The summed E-state index contributed by atoms with van der Waals surface area (Å²) in [6.07, 6.45) is 19.1. The van der Waals surface area contributed by atoms with E-state index >= 15 is 0 Å². The molecule has 0 unspecified atom stereocenters. The van der Waals surface area contributed by atoms with Crippen LogP contribution in [0.1, 0.15) is 93.8 Å². The van der Waals surface area contributed by atoms with E-state index in [-0.39, 0.29) is 5.91 Å². The third kappa shape index (κ3) is 11.6. The molecule has 1 aromatic heterocycles. The van der Waals surface area contributed by atoms with Gasteiger partial charge in [-0.1, -0.05) is 86.6 Å². The fourth-order valence-corrected chi connectivity index (χ4v) is 4.61. The van der Waals surface area contributed by atoms with Gasteiger partial charge in [0.25, 0.3) is 5.91 Å². The first-order chi connectivity index (χ1) is 15.7. The fourth-order valence-electron chi connectivity index (χ4n) is 4.21. The number of pyridine rings is 1. The smallest absolute Gasteiger partial charge is 0.252 e. The summed E-state index contributed by atoms with van der Waals surface area (Å²) >= 11 is 3.49. The van der Waals surface area contributed by atoms with E-state index < -0.39 is 0 Å². The van der Waals surface area contributed by atoms with Gasteiger partial charge in [-0.3, -0.25) is 4.79 Å². The van der Waals surface area contributed by atoms with E-state index in [9.17, 15) is 4.79 Å². The highest BCUT2D eigenvalue weighted by molar-refractivity contribution is 9.09. The van der Waals surface area contributed by atoms with Crippen LogP contribution in [0.15, 0.2) is 18.3 Å². The molecule has 5 nitrogen and oxygen atoms in total. The summed E-state index contributed by atoms with van der Waals surface area (Å²) < 4.78 is 0. The van der Waals surface area contributed by atoms with Crippen molar-refractivity contribution in [2.45, 2.75) is 83.5 Å². The molecule has 182 valence electrons. The second-order valence-electron chi connectivity index (χ2n) is 9.24. The van der Waals surface area contributed by atoms with Crippen LogP contribution in [0.25, 0.3) is 0 Å². The van der Waals surface area contributed by atoms with E-state index in [0.717, 1.165) is 50.3 Å². The number of alkyl halides is 1. The van der Waals surface area contributed by atoms with Crippen molar-refractivity contribution in [2.75, 3.05) is 50.0 Å². The highest BCUT2D eigenvalue weighted by Gasteiger charge is 2.15. The SMILES string of the molecule is CN1CCN(c2ccc(C(=O)NCCCCCCCCCCCCCCCBr)cn2)CC1. The first kappa shape index (κ1) is 27.1. The maximum atomic E-state index is 12.3. The van der Waals surface area contributed by atoms with Crippen molar-refractivity contribution in [3.8, 4) is 0 Å². The topological polar surface area (TPSA) is 48.5 Å². The highest BCUT2D eigenvalue weighted by atomic mass is 79.9. The van der Waals surface area contributed by atoms with Crippen LogP contribution in [-0.4, -0.2) is 60.9 Å². The summed E-state index contributed by atoms with van der Waals surface area (Å²) in [5, 5.41) is 4.20. The first-order valence-electron chi connectivity index (χ1n) is 12.9. The monoisotopic (exact) mass is 508 g/mol. The van der Waals surface area contributed by atoms with Gasteiger partial charge in [0.1, 0.15) is 5.82 Å². The van der Waals surface area contributed by atoms with E-state index in [1.807, 2.05) is 12.1 Å². The average Bonchev–Trinajstić information content (AvgIpc) is 2.82. The Balaban J connectivity index is 1.42. The van der Waals surface area contributed by atoms with Crippen molar-refractivity contribution in [3.05, 3.63) is 23.9 Å². The van der Waals surface area contributed by atoms with Crippen molar-refractivity contribution >= 4 is 27.7 Å². The molecular formula is C26H45BrN4O. The van der Waals surface area contributed by atoms with Crippen molar-refractivity contribution in [1.82, 2.24) is 15.2 Å². The number of nitrogens with one attached hydrogen (secondary N) is 1. The molecule has 1 fully saturated rings. The van der Waals surface area contributed by atoms with Gasteiger partial charge in [-0.2, -0.15) is 0 Å². The van der Waals surface area contributed by atoms with Crippen LogP contribution in [0.3, 0.4) is 0 Å². The Morgan fingerprint density at radius 2 is 1.38 bits per heavy atom. The second-order valence-corrected chi connectivity index (χ2v) is 10.0. The molecule has 2 rings (SSSR count). The summed E-state index contributed by atoms with van der Waals surface area (Å²) in [6.45, 7) is 4.86. The van der Waals surface area contributed by atoms with E-state index in [1.54, 1.807) is 6.20 Å². The number of anilines is 1. The number of aromatic nitrogens is 1. The van der Waals surface area contributed by atoms with Gasteiger partial charge in [-0.25, -0.2) is 4.98 Å². The lowest BCUT2D eigenvalue weighted by atomic mass is 10.0. The van der Waals surface area contributed by atoms with Gasteiger partial charge >= 0.3 is 0 Å². The zero-order valence-corrected chi connectivity index (χ0v) is 21.9. The summed E-state index contributed by atoms with van der Waals surface area (Å²) in [5.74, 6) is 0.967. The first-order valence-corrected chi connectivity index (χ1v) is 14.1. The normalized spacial score (nSPS) is 14.6. The van der Waals surface area contributed by atoms with Crippen molar-refractivity contribution in [1.29, 1.82) is 0 Å². The Morgan fingerprint density at radius 3 is 1.88 bits per heavy atom. The molecule has 2 heterocycles. The predicted octanol–water partition coefficient (Wildman–Crippen LogP) is 6.03. The molecular weight excluding hydrogens is 464 g/mol. The van der Waals surface area contributed by atoms with Crippen LogP contribution in [0.2, 0.25) is 0 Å². The Morgan fingerprint density at radius 1 is 0.844 bits per heavy atom. The Kier molecular flexibility index (Phi) is 14.7. The lowest BCUT2D eigenvalue weighted by molar-refractivity contribution is 0.0952. The molecule has 1 saturated heterocycles. The van der Waals surface area contributed by atoms with Crippen LogP contribution >= 0.6 is 15.9 Å². The molecule has 1 aromatic rings. The Bertz CT molecular complexity index is 602. The van der Waals surface area contributed by atoms with Crippen LogP contribution in [0, 0.1) is 0 Å². The molecule has 0 bridgehead atoms. The lowest BCUT2D eigenvalue weighted by Gasteiger charge is -2.33. The van der Waals surface area contributed by atoms with Crippen LogP contribution in [0.5, 0.6) is 0 Å². The minimum absolute atomic E-state index is 0.00498. The average molecular weight is 510 g/mol. The van der Waals surface area contributed by atoms with Gasteiger partial charge in [-0.05, 0) is 32.0 Å². The zero-order valence-electron chi connectivity index (χ0n) is 20.3. The minimum atomic E-state index is -0.00498.